The van der Waals surface area contributed by atoms with Gasteiger partial charge >= 0.3 is 0 Å². The lowest BCUT2D eigenvalue weighted by Gasteiger charge is -2.16. The summed E-state index contributed by atoms with van der Waals surface area (Å²) < 4.78 is 4.96. The topological polar surface area (TPSA) is 50.4 Å². The number of hydrogen-bond acceptors (Lipinski definition) is 3. The van der Waals surface area contributed by atoms with E-state index in [1.165, 1.54) is 24.0 Å². The summed E-state index contributed by atoms with van der Waals surface area (Å²) in [7, 11) is 1.67. The Morgan fingerprint density at radius 2 is 2.15 bits per heavy atom. The van der Waals surface area contributed by atoms with Gasteiger partial charge in [-0.2, -0.15) is 0 Å². The molecule has 110 valence electrons. The van der Waals surface area contributed by atoms with Gasteiger partial charge in [0.15, 0.2) is 0 Å². The van der Waals surface area contributed by atoms with Crippen molar-refractivity contribution >= 4 is 11.6 Å². The maximum Gasteiger partial charge on any atom is 0.242 e. The van der Waals surface area contributed by atoms with Crippen LogP contribution in [0, 0.1) is 0 Å². The van der Waals surface area contributed by atoms with Gasteiger partial charge in [-0.05, 0) is 55.9 Å². The van der Waals surface area contributed by atoms with Gasteiger partial charge in [0.1, 0.15) is 6.04 Å². The summed E-state index contributed by atoms with van der Waals surface area (Å²) in [5.74, 6) is 0.0293. The highest BCUT2D eigenvalue weighted by atomic mass is 16.5. The highest BCUT2D eigenvalue weighted by Crippen LogP contribution is 2.25. The zero-order valence-corrected chi connectivity index (χ0v) is 12.4. The minimum absolute atomic E-state index is 0.0293. The van der Waals surface area contributed by atoms with E-state index in [1.54, 1.807) is 7.11 Å². The molecule has 4 heteroatoms. The monoisotopic (exact) mass is 276 g/mol. The van der Waals surface area contributed by atoms with Gasteiger partial charge in [0.2, 0.25) is 5.91 Å². The zero-order chi connectivity index (χ0) is 14.4. The summed E-state index contributed by atoms with van der Waals surface area (Å²) in [6, 6.07) is 6.20. The average Bonchev–Trinajstić information content (AvgIpc) is 2.90. The first-order chi connectivity index (χ1) is 9.70. The molecule has 0 spiro atoms. The van der Waals surface area contributed by atoms with E-state index in [0.717, 1.165) is 18.5 Å². The van der Waals surface area contributed by atoms with Crippen molar-refractivity contribution in [3.63, 3.8) is 0 Å². The van der Waals surface area contributed by atoms with Crippen LogP contribution in [-0.2, 0) is 22.4 Å². The Kier molecular flexibility index (Phi) is 5.41. The summed E-state index contributed by atoms with van der Waals surface area (Å²) in [5, 5.41) is 6.18. The number of nitrogens with one attached hydrogen (secondary N) is 2. The fourth-order valence-corrected chi connectivity index (χ4v) is 2.56. The molecule has 0 aromatic heterocycles. The number of rotatable bonds is 7. The SMILES string of the molecule is COCCCNC(=O)C(C)Nc1ccc2c(c1)CCC2. The van der Waals surface area contributed by atoms with Crippen molar-refractivity contribution in [2.75, 3.05) is 25.6 Å². The van der Waals surface area contributed by atoms with Gasteiger partial charge in [-0.15, -0.1) is 0 Å². The molecule has 1 unspecified atom stereocenters. The van der Waals surface area contributed by atoms with Crippen LogP contribution in [0.2, 0.25) is 0 Å². The molecule has 1 amide bonds. The predicted octanol–water partition coefficient (Wildman–Crippen LogP) is 2.13. The summed E-state index contributed by atoms with van der Waals surface area (Å²) in [6.45, 7) is 3.22. The molecule has 0 heterocycles. The number of methoxy groups -OCH3 is 1. The van der Waals surface area contributed by atoms with Crippen LogP contribution in [0.4, 0.5) is 5.69 Å². The van der Waals surface area contributed by atoms with Gasteiger partial charge in [-0.25, -0.2) is 0 Å². The van der Waals surface area contributed by atoms with Crippen LogP contribution in [0.25, 0.3) is 0 Å². The summed E-state index contributed by atoms with van der Waals surface area (Å²) in [4.78, 5) is 11.9. The van der Waals surface area contributed by atoms with E-state index in [4.69, 9.17) is 4.74 Å². The van der Waals surface area contributed by atoms with Gasteiger partial charge in [-0.3, -0.25) is 4.79 Å². The van der Waals surface area contributed by atoms with Crippen LogP contribution in [0.3, 0.4) is 0 Å². The van der Waals surface area contributed by atoms with Crippen LogP contribution in [0.15, 0.2) is 18.2 Å². The van der Waals surface area contributed by atoms with Crippen molar-refractivity contribution in [1.29, 1.82) is 0 Å². The van der Waals surface area contributed by atoms with E-state index in [0.29, 0.717) is 13.2 Å². The number of aryl methyl sites for hydroxylation is 2. The van der Waals surface area contributed by atoms with E-state index >= 15 is 0 Å². The van der Waals surface area contributed by atoms with Crippen molar-refractivity contribution in [3.8, 4) is 0 Å². The van der Waals surface area contributed by atoms with Crippen molar-refractivity contribution in [1.82, 2.24) is 5.32 Å². The molecule has 2 rings (SSSR count). The second-order valence-electron chi connectivity index (χ2n) is 5.34. The zero-order valence-electron chi connectivity index (χ0n) is 12.4. The molecule has 0 radical (unpaired) electrons. The third-order valence-corrected chi connectivity index (χ3v) is 3.70. The molecule has 1 aromatic carbocycles. The van der Waals surface area contributed by atoms with Gasteiger partial charge in [0.25, 0.3) is 0 Å². The number of carbonyl (C=O) groups is 1. The lowest BCUT2D eigenvalue weighted by molar-refractivity contribution is -0.121. The molecule has 2 N–H and O–H groups in total. The second kappa shape index (κ2) is 7.29. The van der Waals surface area contributed by atoms with E-state index in [2.05, 4.69) is 28.8 Å². The second-order valence-corrected chi connectivity index (χ2v) is 5.34. The van der Waals surface area contributed by atoms with Crippen LogP contribution in [-0.4, -0.2) is 32.2 Å². The number of benzene rings is 1. The lowest BCUT2D eigenvalue weighted by atomic mass is 10.1. The smallest absolute Gasteiger partial charge is 0.242 e. The summed E-state index contributed by atoms with van der Waals surface area (Å²) in [5.41, 5.74) is 3.90. The van der Waals surface area contributed by atoms with Gasteiger partial charge in [-0.1, -0.05) is 6.07 Å². The van der Waals surface area contributed by atoms with Crippen LogP contribution >= 0.6 is 0 Å². The third kappa shape index (κ3) is 3.97. The largest absolute Gasteiger partial charge is 0.385 e. The molecule has 0 fully saturated rings. The van der Waals surface area contributed by atoms with Crippen LogP contribution < -0.4 is 10.6 Å². The molecule has 20 heavy (non-hydrogen) atoms. The first kappa shape index (κ1) is 14.9. The first-order valence-corrected chi connectivity index (χ1v) is 7.35. The van der Waals surface area contributed by atoms with Crippen molar-refractivity contribution < 1.29 is 9.53 Å². The Labute approximate surface area is 120 Å². The van der Waals surface area contributed by atoms with E-state index in [9.17, 15) is 4.79 Å². The highest BCUT2D eigenvalue weighted by molar-refractivity contribution is 5.84. The summed E-state index contributed by atoms with van der Waals surface area (Å²) in [6.07, 6.45) is 4.43. The van der Waals surface area contributed by atoms with Gasteiger partial charge < -0.3 is 15.4 Å². The van der Waals surface area contributed by atoms with Crippen LogP contribution in [0.1, 0.15) is 30.9 Å². The normalized spacial score (nSPS) is 14.7. The molecule has 0 saturated heterocycles. The number of anilines is 1. The molecule has 4 nitrogen and oxygen atoms in total. The summed E-state index contributed by atoms with van der Waals surface area (Å²) >= 11 is 0. The van der Waals surface area contributed by atoms with Crippen LogP contribution in [0.5, 0.6) is 0 Å². The molecule has 0 saturated carbocycles. The number of carbonyl (C=O) groups excluding carboxylic acids is 1. The van der Waals surface area contributed by atoms with Crippen molar-refractivity contribution in [3.05, 3.63) is 29.3 Å². The predicted molar refractivity (Wildman–Crippen MR) is 81.1 cm³/mol. The first-order valence-electron chi connectivity index (χ1n) is 7.35. The molecule has 1 atom stereocenters. The quantitative estimate of drug-likeness (QED) is 0.750. The maximum atomic E-state index is 11.9. The third-order valence-electron chi connectivity index (χ3n) is 3.70. The minimum atomic E-state index is -0.225. The lowest BCUT2D eigenvalue weighted by Crippen LogP contribution is -2.38. The Morgan fingerprint density at radius 3 is 2.95 bits per heavy atom. The minimum Gasteiger partial charge on any atom is -0.385 e. The molecule has 1 aromatic rings. The van der Waals surface area contributed by atoms with Gasteiger partial charge in [0, 0.05) is 25.9 Å². The molecular weight excluding hydrogens is 252 g/mol. The Bertz CT molecular complexity index is 460. The fraction of sp³-hybridized carbons (Fsp3) is 0.562. The average molecular weight is 276 g/mol. The van der Waals surface area contributed by atoms with Crippen molar-refractivity contribution in [2.24, 2.45) is 0 Å². The standard InChI is InChI=1S/C16H24N2O2/c1-12(16(19)17-9-4-10-20-2)18-15-8-7-13-5-3-6-14(13)11-15/h7-8,11-12,18H,3-6,9-10H2,1-2H3,(H,17,19). The Balaban J connectivity index is 1.81. The Morgan fingerprint density at radius 1 is 1.35 bits per heavy atom. The van der Waals surface area contributed by atoms with Crippen molar-refractivity contribution in [2.45, 2.75) is 38.6 Å². The number of fused-ring (bicyclic) bond motifs is 1. The highest BCUT2D eigenvalue weighted by Gasteiger charge is 2.14. The molecule has 0 aliphatic heterocycles. The number of amides is 1. The molecule has 1 aliphatic carbocycles. The molecule has 0 bridgehead atoms. The fourth-order valence-electron chi connectivity index (χ4n) is 2.56. The van der Waals surface area contributed by atoms with E-state index in [-0.39, 0.29) is 11.9 Å². The van der Waals surface area contributed by atoms with E-state index in [1.807, 2.05) is 6.92 Å². The van der Waals surface area contributed by atoms with Gasteiger partial charge in [0.05, 0.1) is 0 Å². The van der Waals surface area contributed by atoms with E-state index < -0.39 is 0 Å². The molecular formula is C16H24N2O2. The number of hydrogen-bond donors (Lipinski definition) is 2. The number of ether oxygens (including phenoxy) is 1. The maximum absolute atomic E-state index is 11.9. The Hall–Kier alpha value is -1.55. The molecule has 1 aliphatic rings.